The van der Waals surface area contributed by atoms with Gasteiger partial charge in [0.1, 0.15) is 0 Å². The van der Waals surface area contributed by atoms with E-state index in [1.54, 1.807) is 0 Å². The van der Waals surface area contributed by atoms with Crippen LogP contribution in [0.25, 0.3) is 44.2 Å². The topological polar surface area (TPSA) is 15.3 Å². The van der Waals surface area contributed by atoms with Crippen molar-refractivity contribution in [2.75, 3.05) is 10.2 Å². The van der Waals surface area contributed by atoms with Crippen LogP contribution in [0.3, 0.4) is 0 Å². The summed E-state index contributed by atoms with van der Waals surface area (Å²) >= 11 is 0. The first-order valence-electron chi connectivity index (χ1n) is 19.8. The molecule has 2 heterocycles. The summed E-state index contributed by atoms with van der Waals surface area (Å²) in [7, 11) is 2.45. The number of benzene rings is 9. The average molecular weight is 724 g/mol. The van der Waals surface area contributed by atoms with Crippen molar-refractivity contribution in [1.29, 1.82) is 0 Å². The molecule has 3 aliphatic rings. The summed E-state index contributed by atoms with van der Waals surface area (Å²) in [5, 5.41) is 6.30. The van der Waals surface area contributed by atoms with Crippen LogP contribution in [0.5, 0.6) is 0 Å². The zero-order valence-corrected chi connectivity index (χ0v) is 31.5. The maximum absolute atomic E-state index is 3.87. The Morgan fingerprint density at radius 3 is 1.82 bits per heavy atom. The van der Waals surface area contributed by atoms with Gasteiger partial charge in [0.2, 0.25) is 0 Å². The molecule has 0 amide bonds. The highest BCUT2D eigenvalue weighted by Crippen LogP contribution is 2.63. The second-order valence-corrected chi connectivity index (χ2v) is 15.6. The molecule has 57 heavy (non-hydrogen) atoms. The van der Waals surface area contributed by atoms with Crippen molar-refractivity contribution < 1.29 is 0 Å². The van der Waals surface area contributed by atoms with Gasteiger partial charge in [0.25, 0.3) is 0 Å². The van der Waals surface area contributed by atoms with Gasteiger partial charge in [-0.25, -0.2) is 0 Å². The lowest BCUT2D eigenvalue weighted by Gasteiger charge is -2.48. The van der Waals surface area contributed by atoms with E-state index in [-0.39, 0.29) is 0 Å². The van der Waals surface area contributed by atoms with Gasteiger partial charge in [-0.15, -0.1) is 0 Å². The number of anilines is 5. The van der Waals surface area contributed by atoms with Gasteiger partial charge in [0.15, 0.2) is 7.28 Å². The summed E-state index contributed by atoms with van der Waals surface area (Å²) in [6, 6.07) is 71.7. The molecule has 0 saturated heterocycles. The third-order valence-electron chi connectivity index (χ3n) is 12.5. The van der Waals surface area contributed by atoms with Crippen molar-refractivity contribution in [2.45, 2.75) is 12.3 Å². The van der Waals surface area contributed by atoms with E-state index in [1.807, 2.05) is 0 Å². The Hall–Kier alpha value is -7.10. The molecule has 12 rings (SSSR count). The summed E-state index contributed by atoms with van der Waals surface area (Å²) in [4.78, 5) is 2.57. The van der Waals surface area contributed by atoms with Gasteiger partial charge in [0, 0.05) is 28.3 Å². The average Bonchev–Trinajstić information content (AvgIpc) is 3.56. The molecule has 3 heteroatoms. The zero-order valence-electron chi connectivity index (χ0n) is 31.5. The van der Waals surface area contributed by atoms with Gasteiger partial charge in [-0.1, -0.05) is 163 Å². The predicted octanol–water partition coefficient (Wildman–Crippen LogP) is 12.3. The lowest BCUT2D eigenvalue weighted by atomic mass is 9.54. The van der Waals surface area contributed by atoms with Gasteiger partial charge in [0.05, 0.1) is 11.1 Å². The molecule has 9 aromatic carbocycles. The van der Waals surface area contributed by atoms with Crippen LogP contribution in [-0.2, 0) is 5.41 Å². The number of fused-ring (bicyclic) bond motifs is 12. The van der Waals surface area contributed by atoms with Crippen molar-refractivity contribution in [3.63, 3.8) is 0 Å². The monoisotopic (exact) mass is 723 g/mol. The maximum Gasteiger partial charge on any atom is 0.197 e. The standard InChI is InChI=1S/C54H36BN2/c1-34-30-43(42-32-37-16-5-6-17-38(37)33-49(42)56-39-28-26-36(27-29-39)35-14-3-2-4-15-35)52-51(31-34)57-50-25-12-11-22-46(50)54(47-23-13-24-48(55-52)53(47)57)44-20-9-7-18-40(44)41-19-8-10-21-45(41)54/h2-33,56H,1H3. The Bertz CT molecular complexity index is 3050. The summed E-state index contributed by atoms with van der Waals surface area (Å²) in [5.74, 6) is 0. The molecule has 0 aromatic heterocycles. The van der Waals surface area contributed by atoms with Gasteiger partial charge in [-0.3, -0.25) is 0 Å². The van der Waals surface area contributed by atoms with Crippen molar-refractivity contribution in [2.24, 2.45) is 0 Å². The Morgan fingerprint density at radius 2 is 1.07 bits per heavy atom. The molecule has 2 nitrogen and oxygen atoms in total. The number of hydrogen-bond donors (Lipinski definition) is 1. The Balaban J connectivity index is 1.07. The lowest BCUT2D eigenvalue weighted by molar-refractivity contribution is 0.753. The molecule has 0 atom stereocenters. The SMILES string of the molecule is Cc1cc(-c2cc3ccccc3cc2Nc2ccc(-c3ccccc3)cc2)c2c(c1)N1c3ccccc3C3(c4ccccc4-c4ccccc43)c3cccc(c31)[B]2. The number of nitrogens with one attached hydrogen (secondary N) is 1. The summed E-state index contributed by atoms with van der Waals surface area (Å²) < 4.78 is 0. The van der Waals surface area contributed by atoms with E-state index in [0.717, 1.165) is 11.4 Å². The number of hydrogen-bond acceptors (Lipinski definition) is 2. The van der Waals surface area contributed by atoms with E-state index in [9.17, 15) is 0 Å². The molecule has 1 N–H and O–H groups in total. The summed E-state index contributed by atoms with van der Waals surface area (Å²) in [6.45, 7) is 2.24. The first kappa shape index (κ1) is 32.2. The molecule has 1 spiro atoms. The first-order valence-corrected chi connectivity index (χ1v) is 19.8. The third-order valence-corrected chi connectivity index (χ3v) is 12.5. The van der Waals surface area contributed by atoms with Crippen LogP contribution in [-0.4, -0.2) is 7.28 Å². The molecule has 0 fully saturated rings. The lowest BCUT2D eigenvalue weighted by Crippen LogP contribution is -2.47. The smallest absolute Gasteiger partial charge is 0.197 e. The largest absolute Gasteiger partial charge is 0.355 e. The highest BCUT2D eigenvalue weighted by molar-refractivity contribution is 6.73. The second-order valence-electron chi connectivity index (χ2n) is 15.6. The normalized spacial score (nSPS) is 13.6. The summed E-state index contributed by atoms with van der Waals surface area (Å²) in [6.07, 6.45) is 0. The van der Waals surface area contributed by atoms with Crippen LogP contribution in [0.1, 0.15) is 27.8 Å². The first-order chi connectivity index (χ1) is 28.2. The molecular formula is C54H36BN2. The van der Waals surface area contributed by atoms with Crippen LogP contribution in [0.4, 0.5) is 28.4 Å². The van der Waals surface area contributed by atoms with E-state index in [0.29, 0.717) is 0 Å². The van der Waals surface area contributed by atoms with Crippen molar-refractivity contribution >= 4 is 57.4 Å². The van der Waals surface area contributed by atoms with Crippen LogP contribution in [0.2, 0.25) is 0 Å². The van der Waals surface area contributed by atoms with Crippen molar-refractivity contribution in [3.05, 3.63) is 222 Å². The van der Waals surface area contributed by atoms with E-state index >= 15 is 0 Å². The maximum atomic E-state index is 3.87. The molecule has 0 unspecified atom stereocenters. The fourth-order valence-electron chi connectivity index (χ4n) is 10.1. The second kappa shape index (κ2) is 12.2. The number of para-hydroxylation sites is 2. The molecule has 1 radical (unpaired) electrons. The fourth-order valence-corrected chi connectivity index (χ4v) is 10.1. The third kappa shape index (κ3) is 4.60. The summed E-state index contributed by atoms with van der Waals surface area (Å²) in [5.41, 5.74) is 21.9. The van der Waals surface area contributed by atoms with Gasteiger partial charge >= 0.3 is 0 Å². The molecule has 9 aromatic rings. The number of aryl methyl sites for hydroxylation is 1. The van der Waals surface area contributed by atoms with Gasteiger partial charge in [-0.2, -0.15) is 0 Å². The molecule has 1 aliphatic carbocycles. The Labute approximate surface area is 334 Å². The van der Waals surface area contributed by atoms with E-state index in [1.165, 1.54) is 100.0 Å². The number of nitrogens with zero attached hydrogens (tertiary/aromatic N) is 1. The molecule has 265 valence electrons. The minimum atomic E-state index is -0.435. The zero-order chi connectivity index (χ0) is 37.7. The quantitative estimate of drug-likeness (QED) is 0.182. The van der Waals surface area contributed by atoms with Crippen molar-refractivity contribution in [1.82, 2.24) is 0 Å². The molecule has 2 aliphatic heterocycles. The van der Waals surface area contributed by atoms with Crippen LogP contribution < -0.4 is 21.1 Å². The van der Waals surface area contributed by atoms with Gasteiger partial charge in [-0.05, 0) is 115 Å². The Morgan fingerprint density at radius 1 is 0.456 bits per heavy atom. The highest BCUT2D eigenvalue weighted by Gasteiger charge is 2.52. The van der Waals surface area contributed by atoms with Gasteiger partial charge < -0.3 is 10.2 Å². The van der Waals surface area contributed by atoms with Crippen LogP contribution in [0, 0.1) is 6.92 Å². The van der Waals surface area contributed by atoms with E-state index in [4.69, 9.17) is 0 Å². The van der Waals surface area contributed by atoms with E-state index in [2.05, 4.69) is 219 Å². The van der Waals surface area contributed by atoms with E-state index < -0.39 is 5.41 Å². The molecule has 0 saturated carbocycles. The predicted molar refractivity (Wildman–Crippen MR) is 240 cm³/mol. The van der Waals surface area contributed by atoms with Crippen molar-refractivity contribution in [3.8, 4) is 33.4 Å². The fraction of sp³-hybridized carbons (Fsp3) is 0.0370. The van der Waals surface area contributed by atoms with Crippen LogP contribution in [0.15, 0.2) is 194 Å². The van der Waals surface area contributed by atoms with Crippen LogP contribution >= 0.6 is 0 Å². The molecule has 0 bridgehead atoms. The highest BCUT2D eigenvalue weighted by atomic mass is 15.2. The Kier molecular flexibility index (Phi) is 6.89. The minimum absolute atomic E-state index is 0.435. The number of rotatable bonds is 4. The minimum Gasteiger partial charge on any atom is -0.355 e. The molecular weight excluding hydrogens is 687 g/mol.